The van der Waals surface area contributed by atoms with E-state index in [0.717, 1.165) is 39.1 Å². The van der Waals surface area contributed by atoms with E-state index < -0.39 is 0 Å². The normalized spacial score (nSPS) is 15.3. The van der Waals surface area contributed by atoms with Crippen LogP contribution in [0, 0.1) is 0 Å². The Labute approximate surface area is 220 Å². The summed E-state index contributed by atoms with van der Waals surface area (Å²) in [6, 6.07) is 20.1. The van der Waals surface area contributed by atoms with Crippen LogP contribution >= 0.6 is 0 Å². The topological polar surface area (TPSA) is 53.1 Å². The lowest BCUT2D eigenvalue weighted by molar-refractivity contribution is 0.255. The fourth-order valence-electron chi connectivity index (χ4n) is 5.15. The van der Waals surface area contributed by atoms with Crippen LogP contribution in [-0.2, 0) is 0 Å². The Kier molecular flexibility index (Phi) is 7.52. The predicted molar refractivity (Wildman–Crippen MR) is 157 cm³/mol. The van der Waals surface area contributed by atoms with Crippen molar-refractivity contribution in [3.63, 3.8) is 0 Å². The molecule has 0 radical (unpaired) electrons. The molecule has 4 aromatic rings. The molecule has 1 aliphatic heterocycles. The smallest absolute Gasteiger partial charge is 0.130 e. The van der Waals surface area contributed by atoms with Crippen LogP contribution in [0.1, 0.15) is 50.7 Å². The molecular formula is C32H37N5. The molecule has 5 nitrogen and oxygen atoms in total. The number of nitrogens with one attached hydrogen (secondary N) is 2. The van der Waals surface area contributed by atoms with Crippen molar-refractivity contribution in [3.8, 4) is 11.1 Å². The first-order chi connectivity index (χ1) is 18.0. The molecule has 5 rings (SSSR count). The number of piperidine rings is 1. The number of anilines is 2. The molecule has 2 aromatic carbocycles. The Hall–Kier alpha value is -3.70. The van der Waals surface area contributed by atoms with E-state index in [0.29, 0.717) is 12.0 Å². The Morgan fingerprint density at radius 1 is 0.946 bits per heavy atom. The van der Waals surface area contributed by atoms with Gasteiger partial charge in [-0.25, -0.2) is 4.98 Å². The zero-order chi connectivity index (χ0) is 25.8. The molecule has 2 aromatic heterocycles. The number of allylic oxidation sites excluding steroid dienone is 1. The lowest BCUT2D eigenvalue weighted by Gasteiger charge is -2.29. The van der Waals surface area contributed by atoms with Crippen molar-refractivity contribution in [2.24, 2.45) is 0 Å². The van der Waals surface area contributed by atoms with Gasteiger partial charge in [0.15, 0.2) is 0 Å². The highest BCUT2D eigenvalue weighted by atomic mass is 15.1. The molecule has 1 saturated heterocycles. The molecule has 190 valence electrons. The lowest BCUT2D eigenvalue weighted by atomic mass is 9.88. The highest BCUT2D eigenvalue weighted by Crippen LogP contribution is 2.31. The number of likely N-dealkylation sites (tertiary alicyclic amines) is 1. The maximum Gasteiger partial charge on any atom is 0.130 e. The number of pyridine rings is 2. The summed E-state index contributed by atoms with van der Waals surface area (Å²) >= 11 is 0. The van der Waals surface area contributed by atoms with Crippen molar-refractivity contribution in [2.45, 2.75) is 45.6 Å². The minimum atomic E-state index is 0.360. The van der Waals surface area contributed by atoms with Crippen molar-refractivity contribution >= 4 is 28.0 Å². The third-order valence-electron chi connectivity index (χ3n) is 7.19. The van der Waals surface area contributed by atoms with E-state index in [1.165, 1.54) is 37.1 Å². The number of aromatic nitrogens is 2. The summed E-state index contributed by atoms with van der Waals surface area (Å²) in [6.07, 6.45) is 10.3. The van der Waals surface area contributed by atoms with Crippen LogP contribution in [0.3, 0.4) is 0 Å². The molecule has 0 bridgehead atoms. The van der Waals surface area contributed by atoms with E-state index in [-0.39, 0.29) is 0 Å². The highest BCUT2D eigenvalue weighted by molar-refractivity contribution is 5.90. The van der Waals surface area contributed by atoms with Crippen LogP contribution in [0.15, 0.2) is 79.3 Å². The first-order valence-corrected chi connectivity index (χ1v) is 13.3. The first-order valence-electron chi connectivity index (χ1n) is 13.3. The maximum absolute atomic E-state index is 4.71. The van der Waals surface area contributed by atoms with Gasteiger partial charge in [-0.2, -0.15) is 0 Å². The fraction of sp³-hybridized carbons (Fsp3) is 0.312. The van der Waals surface area contributed by atoms with Crippen LogP contribution in [0.2, 0.25) is 0 Å². The standard InChI is InChI=1S/C32H37N5/c1-5-31(26-8-6-7-24(15-26)23-11-13-37(4)14-12-23)36-32-18-28-16-25(9-10-27(28)20-34-32)29-17-30(21-33-19-29)35-22(2)3/h5-10,15-23,35H,11-14H2,1-4H3,(H,34,36)/b31-5+. The van der Waals surface area contributed by atoms with Crippen molar-refractivity contribution in [1.29, 1.82) is 0 Å². The van der Waals surface area contributed by atoms with Crippen molar-refractivity contribution < 1.29 is 0 Å². The number of rotatable bonds is 7. The van der Waals surface area contributed by atoms with Gasteiger partial charge in [0.25, 0.3) is 0 Å². The summed E-state index contributed by atoms with van der Waals surface area (Å²) in [7, 11) is 2.21. The average molecular weight is 492 g/mol. The van der Waals surface area contributed by atoms with Gasteiger partial charge in [-0.15, -0.1) is 0 Å². The summed E-state index contributed by atoms with van der Waals surface area (Å²) in [5, 5.41) is 9.29. The molecule has 0 spiro atoms. The highest BCUT2D eigenvalue weighted by Gasteiger charge is 2.19. The average Bonchev–Trinajstić information content (AvgIpc) is 2.91. The number of hydrogen-bond donors (Lipinski definition) is 2. The summed E-state index contributed by atoms with van der Waals surface area (Å²) in [5.74, 6) is 1.48. The molecule has 0 unspecified atom stereocenters. The summed E-state index contributed by atoms with van der Waals surface area (Å²) < 4.78 is 0. The summed E-state index contributed by atoms with van der Waals surface area (Å²) in [5.41, 5.74) is 6.99. The Morgan fingerprint density at radius 2 is 1.78 bits per heavy atom. The fourth-order valence-corrected chi connectivity index (χ4v) is 5.15. The number of nitrogens with zero attached hydrogens (tertiary/aromatic N) is 3. The molecule has 0 aliphatic carbocycles. The quantitative estimate of drug-likeness (QED) is 0.282. The Balaban J connectivity index is 1.38. The van der Waals surface area contributed by atoms with Crippen LogP contribution in [-0.4, -0.2) is 41.0 Å². The van der Waals surface area contributed by atoms with Gasteiger partial charge in [0.2, 0.25) is 0 Å². The second-order valence-corrected chi connectivity index (χ2v) is 10.4. The third kappa shape index (κ3) is 6.00. The van der Waals surface area contributed by atoms with Gasteiger partial charge in [0.1, 0.15) is 5.82 Å². The first kappa shape index (κ1) is 25.0. The molecule has 0 saturated carbocycles. The molecule has 0 amide bonds. The minimum absolute atomic E-state index is 0.360. The van der Waals surface area contributed by atoms with Gasteiger partial charge in [-0.3, -0.25) is 4.98 Å². The summed E-state index contributed by atoms with van der Waals surface area (Å²) in [6.45, 7) is 8.68. The monoisotopic (exact) mass is 491 g/mol. The van der Waals surface area contributed by atoms with Crippen LogP contribution in [0.4, 0.5) is 11.5 Å². The molecule has 3 heterocycles. The van der Waals surface area contributed by atoms with Crippen LogP contribution in [0.25, 0.3) is 27.6 Å². The molecule has 37 heavy (non-hydrogen) atoms. The van der Waals surface area contributed by atoms with Crippen LogP contribution in [0.5, 0.6) is 0 Å². The predicted octanol–water partition coefficient (Wildman–Crippen LogP) is 7.40. The van der Waals surface area contributed by atoms with E-state index in [2.05, 4.69) is 109 Å². The van der Waals surface area contributed by atoms with Crippen LogP contribution < -0.4 is 10.6 Å². The SMILES string of the molecule is C/C=C(/Nc1cc2cc(-c3cncc(NC(C)C)c3)ccc2cn1)c1cccc(C2CCN(C)CC2)c1. The Morgan fingerprint density at radius 3 is 2.57 bits per heavy atom. The molecule has 1 fully saturated rings. The van der Waals surface area contributed by atoms with E-state index >= 15 is 0 Å². The van der Waals surface area contributed by atoms with Gasteiger partial charge < -0.3 is 15.5 Å². The largest absolute Gasteiger partial charge is 0.382 e. The van der Waals surface area contributed by atoms with Crippen molar-refractivity contribution in [3.05, 3.63) is 90.4 Å². The molecular weight excluding hydrogens is 454 g/mol. The summed E-state index contributed by atoms with van der Waals surface area (Å²) in [4.78, 5) is 11.6. The van der Waals surface area contributed by atoms with E-state index in [9.17, 15) is 0 Å². The second kappa shape index (κ2) is 11.1. The zero-order valence-corrected chi connectivity index (χ0v) is 22.3. The Bertz CT molecular complexity index is 1400. The van der Waals surface area contributed by atoms with E-state index in [1.807, 2.05) is 18.6 Å². The van der Waals surface area contributed by atoms with Gasteiger partial charge in [-0.05, 0) is 106 Å². The molecule has 0 atom stereocenters. The minimum Gasteiger partial charge on any atom is -0.382 e. The molecule has 5 heteroatoms. The number of hydrogen-bond acceptors (Lipinski definition) is 5. The molecule has 1 aliphatic rings. The van der Waals surface area contributed by atoms with Crippen molar-refractivity contribution in [2.75, 3.05) is 30.8 Å². The van der Waals surface area contributed by atoms with E-state index in [1.54, 1.807) is 0 Å². The van der Waals surface area contributed by atoms with Crippen molar-refractivity contribution in [1.82, 2.24) is 14.9 Å². The second-order valence-electron chi connectivity index (χ2n) is 10.4. The molecule has 2 N–H and O–H groups in total. The zero-order valence-electron chi connectivity index (χ0n) is 22.3. The van der Waals surface area contributed by atoms with E-state index in [4.69, 9.17) is 4.98 Å². The van der Waals surface area contributed by atoms with Gasteiger partial charge >= 0.3 is 0 Å². The van der Waals surface area contributed by atoms with Gasteiger partial charge in [0.05, 0.1) is 5.69 Å². The lowest BCUT2D eigenvalue weighted by Crippen LogP contribution is -2.29. The maximum atomic E-state index is 4.71. The van der Waals surface area contributed by atoms with Gasteiger partial charge in [0, 0.05) is 41.3 Å². The number of benzene rings is 2. The third-order valence-corrected chi connectivity index (χ3v) is 7.19. The van der Waals surface area contributed by atoms with Gasteiger partial charge in [-0.1, -0.05) is 36.4 Å². The number of fused-ring (bicyclic) bond motifs is 1.